The fourth-order valence-electron chi connectivity index (χ4n) is 3.92. The lowest BCUT2D eigenvalue weighted by Gasteiger charge is -2.39. The van der Waals surface area contributed by atoms with Gasteiger partial charge in [-0.2, -0.15) is 0 Å². The molecule has 2 heterocycles. The highest BCUT2D eigenvalue weighted by Crippen LogP contribution is 2.44. The monoisotopic (exact) mass is 366 g/mol. The number of hydrogen-bond acceptors (Lipinski definition) is 4. The number of rotatable bonds is 4. The van der Waals surface area contributed by atoms with Gasteiger partial charge in [-0.15, -0.1) is 11.3 Å². The van der Waals surface area contributed by atoms with Crippen molar-refractivity contribution in [3.63, 3.8) is 0 Å². The van der Waals surface area contributed by atoms with Gasteiger partial charge >= 0.3 is 0 Å². The van der Waals surface area contributed by atoms with E-state index in [0.29, 0.717) is 12.2 Å². The van der Waals surface area contributed by atoms with Crippen LogP contribution in [-0.2, 0) is 5.41 Å². The number of aliphatic hydroxyl groups is 1. The van der Waals surface area contributed by atoms with Gasteiger partial charge < -0.3 is 10.4 Å². The van der Waals surface area contributed by atoms with Crippen molar-refractivity contribution in [3.8, 4) is 0 Å². The zero-order valence-electron chi connectivity index (χ0n) is 14.5. The van der Waals surface area contributed by atoms with Crippen LogP contribution >= 0.6 is 11.3 Å². The number of carbonyl (C=O) groups is 1. The van der Waals surface area contributed by atoms with Crippen molar-refractivity contribution in [2.45, 2.75) is 37.2 Å². The summed E-state index contributed by atoms with van der Waals surface area (Å²) in [6, 6.07) is 13.8. The Balaban J connectivity index is 1.63. The van der Waals surface area contributed by atoms with Crippen molar-refractivity contribution >= 4 is 27.3 Å². The molecule has 0 aliphatic heterocycles. The maximum atomic E-state index is 12.5. The van der Waals surface area contributed by atoms with E-state index >= 15 is 0 Å². The molecule has 2 N–H and O–H groups in total. The first-order chi connectivity index (χ1) is 12.7. The normalized spacial score (nSPS) is 23.0. The standard InChI is InChI=1S/C21H22N2O2S/c24-15-8-10-21(11-9-15,14-23-20(25)18-6-3-4-12-22-18)17-13-26-19-7-2-1-5-16(17)19/h1-7,12-13,15,24H,8-11,14H2,(H,23,25)/t15-,21-. The van der Waals surface area contributed by atoms with Crippen LogP contribution in [0.25, 0.3) is 10.1 Å². The summed E-state index contributed by atoms with van der Waals surface area (Å²) >= 11 is 1.75. The number of thiophene rings is 1. The number of hydrogen-bond donors (Lipinski definition) is 2. The minimum absolute atomic E-state index is 0.136. The van der Waals surface area contributed by atoms with E-state index in [9.17, 15) is 9.90 Å². The fraction of sp³-hybridized carbons (Fsp3) is 0.333. The number of aliphatic hydroxyl groups excluding tert-OH is 1. The lowest BCUT2D eigenvalue weighted by Crippen LogP contribution is -2.44. The van der Waals surface area contributed by atoms with Crippen LogP contribution in [0.15, 0.2) is 54.0 Å². The van der Waals surface area contributed by atoms with E-state index in [1.807, 2.05) is 6.07 Å². The second-order valence-corrected chi connectivity index (χ2v) is 7.97. The number of carbonyl (C=O) groups excluding carboxylic acids is 1. The zero-order valence-corrected chi connectivity index (χ0v) is 15.3. The van der Waals surface area contributed by atoms with Crippen molar-refractivity contribution < 1.29 is 9.90 Å². The summed E-state index contributed by atoms with van der Waals surface area (Å²) in [6.45, 7) is 0.565. The first-order valence-electron chi connectivity index (χ1n) is 9.02. The van der Waals surface area contributed by atoms with E-state index in [4.69, 9.17) is 0 Å². The molecule has 134 valence electrons. The molecule has 0 atom stereocenters. The predicted octanol–water partition coefficient (Wildman–Crippen LogP) is 3.90. The van der Waals surface area contributed by atoms with Crippen LogP contribution in [0.4, 0.5) is 0 Å². The summed E-state index contributed by atoms with van der Waals surface area (Å²) in [7, 11) is 0. The van der Waals surface area contributed by atoms with E-state index in [1.165, 1.54) is 15.6 Å². The molecule has 1 aliphatic carbocycles. The lowest BCUT2D eigenvalue weighted by molar-refractivity contribution is 0.0852. The molecule has 1 fully saturated rings. The van der Waals surface area contributed by atoms with Crippen molar-refractivity contribution in [2.75, 3.05) is 6.54 Å². The predicted molar refractivity (Wildman–Crippen MR) is 105 cm³/mol. The topological polar surface area (TPSA) is 62.2 Å². The molecule has 3 aromatic rings. The molecule has 4 rings (SSSR count). The fourth-order valence-corrected chi connectivity index (χ4v) is 5.01. The number of pyridine rings is 1. The van der Waals surface area contributed by atoms with Gasteiger partial charge in [0.15, 0.2) is 0 Å². The summed E-state index contributed by atoms with van der Waals surface area (Å²) < 4.78 is 1.27. The molecule has 0 bridgehead atoms. The van der Waals surface area contributed by atoms with Gasteiger partial charge in [0.05, 0.1) is 6.10 Å². The van der Waals surface area contributed by atoms with Crippen LogP contribution in [0, 0.1) is 0 Å². The average Bonchev–Trinajstić information content (AvgIpc) is 3.13. The van der Waals surface area contributed by atoms with Gasteiger partial charge in [-0.05, 0) is 60.2 Å². The largest absolute Gasteiger partial charge is 0.393 e. The van der Waals surface area contributed by atoms with E-state index in [2.05, 4.69) is 39.9 Å². The first-order valence-corrected chi connectivity index (χ1v) is 9.90. The maximum absolute atomic E-state index is 12.5. The minimum Gasteiger partial charge on any atom is -0.393 e. The van der Waals surface area contributed by atoms with Gasteiger partial charge in [-0.1, -0.05) is 24.3 Å². The van der Waals surface area contributed by atoms with Crippen LogP contribution < -0.4 is 5.32 Å². The highest BCUT2D eigenvalue weighted by molar-refractivity contribution is 7.17. The molecule has 1 aliphatic rings. The maximum Gasteiger partial charge on any atom is 0.269 e. The lowest BCUT2D eigenvalue weighted by atomic mass is 9.68. The molecule has 4 nitrogen and oxygen atoms in total. The summed E-state index contributed by atoms with van der Waals surface area (Å²) in [6.07, 6.45) is 4.68. The van der Waals surface area contributed by atoms with Crippen molar-refractivity contribution in [1.82, 2.24) is 10.3 Å². The Bertz CT molecular complexity index is 899. The molecular formula is C21H22N2O2S. The molecule has 26 heavy (non-hydrogen) atoms. The average molecular weight is 366 g/mol. The summed E-state index contributed by atoms with van der Waals surface area (Å²) in [5, 5.41) is 16.6. The molecule has 1 saturated carbocycles. The molecular weight excluding hydrogens is 344 g/mol. The second kappa shape index (κ2) is 7.17. The summed E-state index contributed by atoms with van der Waals surface area (Å²) in [4.78, 5) is 16.6. The Morgan fingerprint density at radius 1 is 1.19 bits per heavy atom. The third-order valence-corrected chi connectivity index (χ3v) is 6.41. The van der Waals surface area contributed by atoms with Gasteiger partial charge in [-0.3, -0.25) is 9.78 Å². The zero-order chi connectivity index (χ0) is 18.0. The Kier molecular flexibility index (Phi) is 4.74. The molecule has 0 saturated heterocycles. The minimum atomic E-state index is -0.237. The molecule has 5 heteroatoms. The third-order valence-electron chi connectivity index (χ3n) is 5.45. The molecule has 0 spiro atoms. The van der Waals surface area contributed by atoms with Crippen LogP contribution in [0.5, 0.6) is 0 Å². The van der Waals surface area contributed by atoms with Gasteiger partial charge in [0.2, 0.25) is 0 Å². The quantitative estimate of drug-likeness (QED) is 0.736. The van der Waals surface area contributed by atoms with Crippen molar-refractivity contribution in [3.05, 3.63) is 65.3 Å². The smallest absolute Gasteiger partial charge is 0.269 e. The van der Waals surface area contributed by atoms with Crippen LogP contribution in [0.3, 0.4) is 0 Å². The Hall–Kier alpha value is -2.24. The summed E-state index contributed by atoms with van der Waals surface area (Å²) in [5.41, 5.74) is 1.60. The third kappa shape index (κ3) is 3.24. The van der Waals surface area contributed by atoms with Gasteiger partial charge in [0, 0.05) is 22.9 Å². The molecule has 2 aromatic heterocycles. The van der Waals surface area contributed by atoms with E-state index in [-0.39, 0.29) is 17.4 Å². The Labute approximate surface area is 156 Å². The highest BCUT2D eigenvalue weighted by atomic mass is 32.1. The van der Waals surface area contributed by atoms with Gasteiger partial charge in [0.1, 0.15) is 5.69 Å². The van der Waals surface area contributed by atoms with Crippen LogP contribution in [0.2, 0.25) is 0 Å². The SMILES string of the molecule is O=C(NC[C@]1(c2csc3ccccc32)CC[C@H](O)CC1)c1ccccn1. The number of nitrogens with one attached hydrogen (secondary N) is 1. The van der Waals surface area contributed by atoms with Crippen molar-refractivity contribution in [2.24, 2.45) is 0 Å². The van der Waals surface area contributed by atoms with E-state index < -0.39 is 0 Å². The molecule has 1 amide bonds. The first kappa shape index (κ1) is 17.2. The van der Waals surface area contributed by atoms with Crippen LogP contribution in [-0.4, -0.2) is 28.6 Å². The molecule has 1 aromatic carbocycles. The summed E-state index contributed by atoms with van der Waals surface area (Å²) in [5.74, 6) is -0.143. The number of aromatic nitrogens is 1. The molecule has 0 radical (unpaired) electrons. The number of fused-ring (bicyclic) bond motifs is 1. The van der Waals surface area contributed by atoms with Gasteiger partial charge in [-0.25, -0.2) is 0 Å². The van der Waals surface area contributed by atoms with E-state index in [0.717, 1.165) is 25.7 Å². The highest BCUT2D eigenvalue weighted by Gasteiger charge is 2.38. The van der Waals surface area contributed by atoms with Gasteiger partial charge in [0.25, 0.3) is 5.91 Å². The Morgan fingerprint density at radius 2 is 1.96 bits per heavy atom. The van der Waals surface area contributed by atoms with E-state index in [1.54, 1.807) is 29.7 Å². The van der Waals surface area contributed by atoms with Crippen molar-refractivity contribution in [1.29, 1.82) is 0 Å². The Morgan fingerprint density at radius 3 is 2.73 bits per heavy atom. The number of amides is 1. The molecule has 0 unspecified atom stereocenters. The number of nitrogens with zero attached hydrogens (tertiary/aromatic N) is 1. The van der Waals surface area contributed by atoms with Crippen LogP contribution in [0.1, 0.15) is 41.7 Å². The second-order valence-electron chi connectivity index (χ2n) is 7.05. The number of benzene rings is 1.